The number of hydrogen-bond donors (Lipinski definition) is 1. The van der Waals surface area contributed by atoms with E-state index in [0.717, 1.165) is 5.56 Å². The van der Waals surface area contributed by atoms with E-state index in [0.29, 0.717) is 12.1 Å². The summed E-state index contributed by atoms with van der Waals surface area (Å²) in [7, 11) is 0. The van der Waals surface area contributed by atoms with Crippen molar-refractivity contribution in [3.63, 3.8) is 0 Å². The zero-order valence-electron chi connectivity index (χ0n) is 9.99. The normalized spacial score (nSPS) is 11.2. The Bertz CT molecular complexity index is 356. The number of alkyl halides is 2. The molecule has 17 heavy (non-hydrogen) atoms. The van der Waals surface area contributed by atoms with Gasteiger partial charge in [0.05, 0.1) is 0 Å². The molecule has 0 amide bonds. The number of nitrogens with zero attached hydrogens (tertiary/aromatic N) is 1. The van der Waals surface area contributed by atoms with E-state index in [1.54, 1.807) is 6.07 Å². The third-order valence-corrected chi connectivity index (χ3v) is 2.28. The second-order valence-corrected chi connectivity index (χ2v) is 4.03. The highest BCUT2D eigenvalue weighted by Gasteiger charge is 2.13. The Hall–Kier alpha value is -1.23. The molecule has 0 aliphatic carbocycles. The number of aliphatic hydroxyl groups is 1. The molecule has 1 heterocycles. The predicted molar refractivity (Wildman–Crippen MR) is 60.6 cm³/mol. The molecule has 0 saturated carbocycles. The van der Waals surface area contributed by atoms with Crippen LogP contribution >= 0.6 is 0 Å². The highest BCUT2D eigenvalue weighted by atomic mass is 19.3. The fourth-order valence-corrected chi connectivity index (χ4v) is 1.44. The standard InChI is InChI=1S/C12H17F2NO2/c1-8(2)10-4-3-9(5-6-16)15-12(10)17-7-11(13)14/h3-4,8,11,16H,5-7H2,1-2H3. The second-order valence-electron chi connectivity index (χ2n) is 4.03. The van der Waals surface area contributed by atoms with Gasteiger partial charge in [0.1, 0.15) is 0 Å². The van der Waals surface area contributed by atoms with Crippen LogP contribution < -0.4 is 4.74 Å². The van der Waals surface area contributed by atoms with Gasteiger partial charge in [0.15, 0.2) is 6.61 Å². The van der Waals surface area contributed by atoms with Crippen LogP contribution in [-0.2, 0) is 6.42 Å². The lowest BCUT2D eigenvalue weighted by Crippen LogP contribution is -2.11. The fraction of sp³-hybridized carbons (Fsp3) is 0.583. The van der Waals surface area contributed by atoms with Crippen molar-refractivity contribution in [1.82, 2.24) is 4.98 Å². The molecule has 0 unspecified atom stereocenters. The van der Waals surface area contributed by atoms with Crippen molar-refractivity contribution >= 4 is 0 Å². The van der Waals surface area contributed by atoms with Gasteiger partial charge in [-0.05, 0) is 12.0 Å². The third kappa shape index (κ3) is 4.26. The summed E-state index contributed by atoms with van der Waals surface area (Å²) >= 11 is 0. The van der Waals surface area contributed by atoms with Crippen molar-refractivity contribution < 1.29 is 18.6 Å². The van der Waals surface area contributed by atoms with Gasteiger partial charge in [0.25, 0.3) is 6.43 Å². The van der Waals surface area contributed by atoms with Crippen LogP contribution in [0.25, 0.3) is 0 Å². The average molecular weight is 245 g/mol. The van der Waals surface area contributed by atoms with Crippen LogP contribution in [0, 0.1) is 0 Å². The molecular formula is C12H17F2NO2. The molecule has 0 aliphatic rings. The Kier molecular flexibility index (Phi) is 5.28. The maximum atomic E-state index is 12.1. The Morgan fingerprint density at radius 2 is 2.06 bits per heavy atom. The lowest BCUT2D eigenvalue weighted by atomic mass is 10.0. The van der Waals surface area contributed by atoms with Crippen LogP contribution in [0.5, 0.6) is 5.88 Å². The molecule has 1 rings (SSSR count). The molecule has 1 aromatic heterocycles. The van der Waals surface area contributed by atoms with Crippen molar-refractivity contribution in [3.8, 4) is 5.88 Å². The van der Waals surface area contributed by atoms with Gasteiger partial charge < -0.3 is 9.84 Å². The number of hydrogen-bond acceptors (Lipinski definition) is 3. The molecule has 96 valence electrons. The number of ether oxygens (including phenoxy) is 1. The molecule has 0 fully saturated rings. The molecule has 0 saturated heterocycles. The minimum absolute atomic E-state index is 0.0255. The van der Waals surface area contributed by atoms with Crippen LogP contribution in [0.2, 0.25) is 0 Å². The minimum atomic E-state index is -2.52. The van der Waals surface area contributed by atoms with Gasteiger partial charge in [-0.2, -0.15) is 0 Å². The summed E-state index contributed by atoms with van der Waals surface area (Å²) in [6, 6.07) is 3.59. The van der Waals surface area contributed by atoms with Gasteiger partial charge in [-0.15, -0.1) is 0 Å². The first-order valence-corrected chi connectivity index (χ1v) is 5.56. The van der Waals surface area contributed by atoms with E-state index in [4.69, 9.17) is 9.84 Å². The van der Waals surface area contributed by atoms with Gasteiger partial charge in [-0.25, -0.2) is 13.8 Å². The lowest BCUT2D eigenvalue weighted by Gasteiger charge is -2.13. The van der Waals surface area contributed by atoms with Crippen LogP contribution in [-0.4, -0.2) is 29.7 Å². The van der Waals surface area contributed by atoms with Crippen molar-refractivity contribution in [2.75, 3.05) is 13.2 Å². The van der Waals surface area contributed by atoms with E-state index in [1.807, 2.05) is 19.9 Å². The topological polar surface area (TPSA) is 42.4 Å². The maximum absolute atomic E-state index is 12.1. The number of pyridine rings is 1. The summed E-state index contributed by atoms with van der Waals surface area (Å²) in [5.41, 5.74) is 1.44. The van der Waals surface area contributed by atoms with Gasteiger partial charge >= 0.3 is 0 Å². The van der Waals surface area contributed by atoms with E-state index >= 15 is 0 Å². The summed E-state index contributed by atoms with van der Waals surface area (Å²) in [4.78, 5) is 4.14. The van der Waals surface area contributed by atoms with Crippen LogP contribution in [0.3, 0.4) is 0 Å². The smallest absolute Gasteiger partial charge is 0.272 e. The first-order chi connectivity index (χ1) is 8.04. The van der Waals surface area contributed by atoms with Crippen molar-refractivity contribution in [1.29, 1.82) is 0 Å². The zero-order chi connectivity index (χ0) is 12.8. The van der Waals surface area contributed by atoms with Gasteiger partial charge in [-0.3, -0.25) is 0 Å². The molecule has 1 aromatic rings. The van der Waals surface area contributed by atoms with Crippen LogP contribution in [0.15, 0.2) is 12.1 Å². The summed E-state index contributed by atoms with van der Waals surface area (Å²) in [5, 5.41) is 8.81. The van der Waals surface area contributed by atoms with E-state index in [9.17, 15) is 8.78 Å². The van der Waals surface area contributed by atoms with Crippen molar-refractivity contribution in [2.45, 2.75) is 32.6 Å². The second kappa shape index (κ2) is 6.49. The number of halogens is 2. The fourth-order valence-electron chi connectivity index (χ4n) is 1.44. The van der Waals surface area contributed by atoms with Crippen LogP contribution in [0.4, 0.5) is 8.78 Å². The van der Waals surface area contributed by atoms with Gasteiger partial charge in [0.2, 0.25) is 5.88 Å². The molecule has 0 aliphatic heterocycles. The van der Waals surface area contributed by atoms with Crippen molar-refractivity contribution in [3.05, 3.63) is 23.4 Å². The molecule has 3 nitrogen and oxygen atoms in total. The maximum Gasteiger partial charge on any atom is 0.272 e. The van der Waals surface area contributed by atoms with E-state index in [1.165, 1.54) is 0 Å². The van der Waals surface area contributed by atoms with E-state index in [-0.39, 0.29) is 18.4 Å². The highest BCUT2D eigenvalue weighted by molar-refractivity contribution is 5.31. The molecular weight excluding hydrogens is 228 g/mol. The van der Waals surface area contributed by atoms with Gasteiger partial charge in [-0.1, -0.05) is 19.9 Å². The first kappa shape index (κ1) is 13.8. The van der Waals surface area contributed by atoms with E-state index < -0.39 is 13.0 Å². The molecule has 0 spiro atoms. The molecule has 0 radical (unpaired) electrons. The molecule has 1 N–H and O–H groups in total. The Morgan fingerprint density at radius 3 is 2.59 bits per heavy atom. The van der Waals surface area contributed by atoms with Gasteiger partial charge in [0, 0.05) is 24.3 Å². The molecule has 0 atom stereocenters. The summed E-state index contributed by atoms with van der Waals surface area (Å²) in [6.45, 7) is 3.20. The predicted octanol–water partition coefficient (Wildman–Crippen LogP) is 2.38. The minimum Gasteiger partial charge on any atom is -0.471 e. The number of aliphatic hydroxyl groups excluding tert-OH is 1. The largest absolute Gasteiger partial charge is 0.471 e. The first-order valence-electron chi connectivity index (χ1n) is 5.56. The summed E-state index contributed by atoms with van der Waals surface area (Å²) < 4.78 is 29.2. The van der Waals surface area contributed by atoms with Crippen molar-refractivity contribution in [2.24, 2.45) is 0 Å². The highest BCUT2D eigenvalue weighted by Crippen LogP contribution is 2.25. The van der Waals surface area contributed by atoms with Crippen LogP contribution in [0.1, 0.15) is 31.0 Å². The quantitative estimate of drug-likeness (QED) is 0.836. The third-order valence-electron chi connectivity index (χ3n) is 2.28. The Balaban J connectivity index is 2.90. The Labute approximate surface area is 99.4 Å². The number of rotatable bonds is 6. The summed E-state index contributed by atoms with van der Waals surface area (Å²) in [6.07, 6.45) is -2.12. The monoisotopic (exact) mass is 245 g/mol. The molecule has 0 aromatic carbocycles. The average Bonchev–Trinajstić information content (AvgIpc) is 2.26. The molecule has 5 heteroatoms. The zero-order valence-corrected chi connectivity index (χ0v) is 9.99. The lowest BCUT2D eigenvalue weighted by molar-refractivity contribution is 0.0787. The summed E-state index contributed by atoms with van der Waals surface area (Å²) in [5.74, 6) is 0.393. The van der Waals surface area contributed by atoms with E-state index in [2.05, 4.69) is 4.98 Å². The Morgan fingerprint density at radius 1 is 1.35 bits per heavy atom. The molecule has 0 bridgehead atoms. The SMILES string of the molecule is CC(C)c1ccc(CCO)nc1OCC(F)F. The number of aromatic nitrogens is 1.